The van der Waals surface area contributed by atoms with Crippen molar-refractivity contribution >= 4 is 28.4 Å². The third kappa shape index (κ3) is 1.77. The number of carbonyl (C=O) groups excluding carboxylic acids is 1. The molecule has 4 nitrogen and oxygen atoms in total. The van der Waals surface area contributed by atoms with Crippen LogP contribution in [-0.4, -0.2) is 15.9 Å². The highest BCUT2D eigenvalue weighted by Crippen LogP contribution is 2.34. The van der Waals surface area contributed by atoms with Gasteiger partial charge in [0.1, 0.15) is 0 Å². The molecule has 3 heterocycles. The lowest BCUT2D eigenvalue weighted by atomic mass is 9.99. The molecule has 3 aromatic rings. The van der Waals surface area contributed by atoms with Gasteiger partial charge in [0.15, 0.2) is 0 Å². The number of nitrogens with zero attached hydrogens (tertiary/aromatic N) is 1. The van der Waals surface area contributed by atoms with Crippen LogP contribution in [0.15, 0.2) is 36.5 Å². The van der Waals surface area contributed by atoms with Crippen molar-refractivity contribution in [1.29, 1.82) is 0 Å². The zero-order valence-corrected chi connectivity index (χ0v) is 13.0. The summed E-state index contributed by atoms with van der Waals surface area (Å²) in [4.78, 5) is 19.9. The zero-order chi connectivity index (χ0) is 15.5. The van der Waals surface area contributed by atoms with Crippen molar-refractivity contribution in [1.82, 2.24) is 15.3 Å². The van der Waals surface area contributed by atoms with Gasteiger partial charge in [-0.1, -0.05) is 23.7 Å². The average Bonchev–Trinajstić information content (AvgIpc) is 3.00. The normalized spacial score (nSPS) is 15.9. The van der Waals surface area contributed by atoms with Crippen molar-refractivity contribution < 1.29 is 4.79 Å². The summed E-state index contributed by atoms with van der Waals surface area (Å²) in [6.45, 7) is 3.92. The number of aromatic nitrogens is 2. The molecule has 1 amide bonds. The molecular formula is C17H14ClN3O. The standard InChI is InChI=1S/C17H14ClN3O/c1-17(2)15-10(16(22)21-17)6-7-13(20-15)11-8-19-14-9(11)4-3-5-12(14)18/h3-8,19H,1-2H3,(H,21,22). The van der Waals surface area contributed by atoms with Gasteiger partial charge in [-0.25, -0.2) is 4.98 Å². The van der Waals surface area contributed by atoms with Crippen LogP contribution in [-0.2, 0) is 5.54 Å². The highest BCUT2D eigenvalue weighted by molar-refractivity contribution is 6.35. The molecule has 2 N–H and O–H groups in total. The van der Waals surface area contributed by atoms with E-state index >= 15 is 0 Å². The van der Waals surface area contributed by atoms with E-state index in [1.165, 1.54) is 0 Å². The number of amides is 1. The SMILES string of the molecule is CC1(C)NC(=O)c2ccc(-c3c[nH]c4c(Cl)cccc34)nc21. The number of rotatable bonds is 1. The molecule has 110 valence electrons. The number of halogens is 1. The summed E-state index contributed by atoms with van der Waals surface area (Å²) in [5, 5.41) is 4.65. The predicted octanol–water partition coefficient (Wildman–Crippen LogP) is 3.86. The minimum absolute atomic E-state index is 0.0685. The molecule has 0 spiro atoms. The largest absolute Gasteiger partial charge is 0.359 e. The first-order valence-corrected chi connectivity index (χ1v) is 7.45. The second kappa shape index (κ2) is 4.34. The smallest absolute Gasteiger partial charge is 0.253 e. The maximum Gasteiger partial charge on any atom is 0.253 e. The summed E-state index contributed by atoms with van der Waals surface area (Å²) in [5.74, 6) is -0.0685. The van der Waals surface area contributed by atoms with Crippen LogP contribution in [0.5, 0.6) is 0 Å². The Morgan fingerprint density at radius 2 is 1.95 bits per heavy atom. The van der Waals surface area contributed by atoms with Crippen LogP contribution in [0.3, 0.4) is 0 Å². The van der Waals surface area contributed by atoms with E-state index in [0.29, 0.717) is 10.6 Å². The number of nitrogens with one attached hydrogen (secondary N) is 2. The lowest BCUT2D eigenvalue weighted by Crippen LogP contribution is -2.33. The molecule has 5 heteroatoms. The minimum Gasteiger partial charge on any atom is -0.359 e. The van der Waals surface area contributed by atoms with E-state index in [2.05, 4.69) is 10.3 Å². The van der Waals surface area contributed by atoms with Crippen molar-refractivity contribution in [3.05, 3.63) is 52.8 Å². The van der Waals surface area contributed by atoms with Crippen molar-refractivity contribution in [2.75, 3.05) is 0 Å². The number of fused-ring (bicyclic) bond motifs is 2. The summed E-state index contributed by atoms with van der Waals surface area (Å²) in [6.07, 6.45) is 1.91. The number of para-hydroxylation sites is 1. The third-order valence-electron chi connectivity index (χ3n) is 4.10. The highest BCUT2D eigenvalue weighted by atomic mass is 35.5. The summed E-state index contributed by atoms with van der Waals surface area (Å²) in [6, 6.07) is 9.50. The Morgan fingerprint density at radius 1 is 1.14 bits per heavy atom. The van der Waals surface area contributed by atoms with Gasteiger partial charge in [0, 0.05) is 17.1 Å². The number of hydrogen-bond donors (Lipinski definition) is 2. The van der Waals surface area contributed by atoms with Gasteiger partial charge in [0.05, 0.1) is 33.0 Å². The summed E-state index contributed by atoms with van der Waals surface area (Å²) in [7, 11) is 0. The Hall–Kier alpha value is -2.33. The fraction of sp³-hybridized carbons (Fsp3) is 0.176. The number of benzene rings is 1. The van der Waals surface area contributed by atoms with Crippen molar-refractivity contribution in [3.8, 4) is 11.3 Å². The number of hydrogen-bond acceptors (Lipinski definition) is 2. The average molecular weight is 312 g/mol. The maximum absolute atomic E-state index is 12.0. The number of aromatic amines is 1. The fourth-order valence-electron chi connectivity index (χ4n) is 3.01. The first-order valence-electron chi connectivity index (χ1n) is 7.07. The topological polar surface area (TPSA) is 57.8 Å². The second-order valence-corrected chi connectivity index (χ2v) is 6.44. The van der Waals surface area contributed by atoms with Crippen molar-refractivity contribution in [2.45, 2.75) is 19.4 Å². The van der Waals surface area contributed by atoms with Crippen LogP contribution in [0.2, 0.25) is 5.02 Å². The van der Waals surface area contributed by atoms with Gasteiger partial charge >= 0.3 is 0 Å². The van der Waals surface area contributed by atoms with E-state index in [1.807, 2.05) is 50.4 Å². The van der Waals surface area contributed by atoms with Gasteiger partial charge in [-0.3, -0.25) is 4.79 Å². The number of H-pyrrole nitrogens is 1. The lowest BCUT2D eigenvalue weighted by Gasteiger charge is -2.18. The van der Waals surface area contributed by atoms with Gasteiger partial charge in [-0.05, 0) is 32.0 Å². The molecule has 0 saturated carbocycles. The van der Waals surface area contributed by atoms with E-state index < -0.39 is 5.54 Å². The van der Waals surface area contributed by atoms with Gasteiger partial charge in [0.2, 0.25) is 0 Å². The van der Waals surface area contributed by atoms with Crippen molar-refractivity contribution in [3.63, 3.8) is 0 Å². The molecule has 0 fully saturated rings. The molecule has 22 heavy (non-hydrogen) atoms. The molecule has 2 aromatic heterocycles. The Labute approximate surface area is 132 Å². The van der Waals surface area contributed by atoms with Crippen molar-refractivity contribution in [2.24, 2.45) is 0 Å². The Morgan fingerprint density at radius 3 is 2.77 bits per heavy atom. The molecule has 1 aliphatic rings. The van der Waals surface area contributed by atoms with Crippen LogP contribution in [0.25, 0.3) is 22.2 Å². The highest BCUT2D eigenvalue weighted by Gasteiger charge is 2.36. The molecule has 0 unspecified atom stereocenters. The van der Waals surface area contributed by atoms with Gasteiger partial charge < -0.3 is 10.3 Å². The molecule has 0 saturated heterocycles. The van der Waals surface area contributed by atoms with Gasteiger partial charge in [-0.15, -0.1) is 0 Å². The molecule has 1 aliphatic heterocycles. The Balaban J connectivity index is 1.94. The molecule has 0 atom stereocenters. The van der Waals surface area contributed by atoms with Gasteiger partial charge in [0.25, 0.3) is 5.91 Å². The van der Waals surface area contributed by atoms with E-state index in [1.54, 1.807) is 0 Å². The zero-order valence-electron chi connectivity index (χ0n) is 12.2. The first kappa shape index (κ1) is 13.3. The Bertz CT molecular complexity index is 927. The molecule has 0 radical (unpaired) electrons. The molecule has 1 aromatic carbocycles. The van der Waals surface area contributed by atoms with E-state index in [4.69, 9.17) is 16.6 Å². The summed E-state index contributed by atoms with van der Waals surface area (Å²) < 4.78 is 0. The molecular weight excluding hydrogens is 298 g/mol. The molecule has 0 aliphatic carbocycles. The number of pyridine rings is 1. The predicted molar refractivity (Wildman–Crippen MR) is 87.0 cm³/mol. The Kier molecular flexibility index (Phi) is 2.63. The van der Waals surface area contributed by atoms with Crippen LogP contribution in [0.4, 0.5) is 0 Å². The van der Waals surface area contributed by atoms with E-state index in [-0.39, 0.29) is 5.91 Å². The van der Waals surface area contributed by atoms with E-state index in [9.17, 15) is 4.79 Å². The first-order chi connectivity index (χ1) is 10.5. The maximum atomic E-state index is 12.0. The number of carbonyl (C=O) groups is 1. The lowest BCUT2D eigenvalue weighted by molar-refractivity contribution is 0.0940. The minimum atomic E-state index is -0.452. The van der Waals surface area contributed by atoms with Gasteiger partial charge in [-0.2, -0.15) is 0 Å². The quantitative estimate of drug-likeness (QED) is 0.717. The summed E-state index contributed by atoms with van der Waals surface area (Å²) >= 11 is 6.21. The van der Waals surface area contributed by atoms with Crippen LogP contribution in [0, 0.1) is 0 Å². The van der Waals surface area contributed by atoms with Crippen LogP contribution >= 0.6 is 11.6 Å². The molecule has 0 bridgehead atoms. The fourth-order valence-corrected chi connectivity index (χ4v) is 3.24. The second-order valence-electron chi connectivity index (χ2n) is 6.04. The molecule has 4 rings (SSSR count). The monoisotopic (exact) mass is 311 g/mol. The van der Waals surface area contributed by atoms with Crippen LogP contribution in [0.1, 0.15) is 29.9 Å². The third-order valence-corrected chi connectivity index (χ3v) is 4.41. The summed E-state index contributed by atoms with van der Waals surface area (Å²) in [5.41, 5.74) is 3.69. The van der Waals surface area contributed by atoms with Crippen LogP contribution < -0.4 is 5.32 Å². The van der Waals surface area contributed by atoms with E-state index in [0.717, 1.165) is 27.9 Å².